The summed E-state index contributed by atoms with van der Waals surface area (Å²) in [7, 11) is 0. The number of oxime groups is 1. The molecule has 0 aliphatic heterocycles. The van der Waals surface area contributed by atoms with Crippen LogP contribution in [-0.2, 0) is 4.84 Å². The van der Waals surface area contributed by atoms with E-state index in [1.807, 2.05) is 0 Å². The molecular weight excluding hydrogens is 162 g/mol. The highest BCUT2D eigenvalue weighted by Gasteiger charge is 2.13. The zero-order chi connectivity index (χ0) is 9.68. The summed E-state index contributed by atoms with van der Waals surface area (Å²) in [5.74, 6) is 1.45. The van der Waals surface area contributed by atoms with E-state index in [-0.39, 0.29) is 0 Å². The van der Waals surface area contributed by atoms with Crippen molar-refractivity contribution in [1.29, 1.82) is 0 Å². The molecule has 0 aromatic carbocycles. The minimum atomic E-state index is 0.576. The fraction of sp³-hybridized carbons (Fsp3) is 0.909. The summed E-state index contributed by atoms with van der Waals surface area (Å²) in [5, 5.41) is 4.17. The van der Waals surface area contributed by atoms with Crippen molar-refractivity contribution in [2.45, 2.75) is 46.5 Å². The molecule has 0 bridgehead atoms. The molecule has 0 saturated heterocycles. The van der Waals surface area contributed by atoms with E-state index in [0.29, 0.717) is 5.92 Å². The Morgan fingerprint density at radius 1 is 1.38 bits per heavy atom. The summed E-state index contributed by atoms with van der Waals surface area (Å²) in [4.78, 5) is 5.26. The zero-order valence-electron chi connectivity index (χ0n) is 9.05. The van der Waals surface area contributed by atoms with Crippen molar-refractivity contribution in [2.75, 3.05) is 6.61 Å². The van der Waals surface area contributed by atoms with Crippen LogP contribution in [-0.4, -0.2) is 12.3 Å². The van der Waals surface area contributed by atoms with Gasteiger partial charge in [-0.25, -0.2) is 0 Å². The molecular formula is C11H21NO. The molecule has 0 aromatic heterocycles. The molecule has 0 heterocycles. The van der Waals surface area contributed by atoms with Gasteiger partial charge in [0.2, 0.25) is 0 Å². The minimum absolute atomic E-state index is 0.576. The van der Waals surface area contributed by atoms with Crippen LogP contribution in [0.3, 0.4) is 0 Å². The Kier molecular flexibility index (Phi) is 4.26. The number of rotatable bonds is 3. The van der Waals surface area contributed by atoms with Gasteiger partial charge in [-0.15, -0.1) is 0 Å². The second-order valence-corrected chi connectivity index (χ2v) is 4.53. The second kappa shape index (κ2) is 5.25. The maximum Gasteiger partial charge on any atom is 0.119 e. The van der Waals surface area contributed by atoms with Gasteiger partial charge in [-0.05, 0) is 37.5 Å². The van der Waals surface area contributed by atoms with Gasteiger partial charge in [0.1, 0.15) is 6.61 Å². The highest BCUT2D eigenvalue weighted by atomic mass is 16.6. The van der Waals surface area contributed by atoms with Gasteiger partial charge in [0.25, 0.3) is 0 Å². The SMILES string of the molecule is CC(C)CON=C1CCC(C)CC1. The molecule has 1 saturated carbocycles. The number of hydrogen-bond donors (Lipinski definition) is 0. The normalized spacial score (nSPS) is 23.4. The Balaban J connectivity index is 2.20. The van der Waals surface area contributed by atoms with Crippen LogP contribution in [0, 0.1) is 11.8 Å². The first kappa shape index (κ1) is 10.6. The summed E-state index contributed by atoms with van der Waals surface area (Å²) in [6.45, 7) is 7.34. The van der Waals surface area contributed by atoms with Crippen molar-refractivity contribution in [1.82, 2.24) is 0 Å². The number of nitrogens with zero attached hydrogens (tertiary/aromatic N) is 1. The molecule has 76 valence electrons. The van der Waals surface area contributed by atoms with Gasteiger partial charge in [0, 0.05) is 0 Å². The van der Waals surface area contributed by atoms with Gasteiger partial charge in [0.15, 0.2) is 0 Å². The molecule has 1 rings (SSSR count). The molecule has 2 nitrogen and oxygen atoms in total. The van der Waals surface area contributed by atoms with E-state index in [1.165, 1.54) is 18.6 Å². The van der Waals surface area contributed by atoms with E-state index in [9.17, 15) is 0 Å². The quantitative estimate of drug-likeness (QED) is 0.616. The van der Waals surface area contributed by atoms with E-state index in [0.717, 1.165) is 25.4 Å². The van der Waals surface area contributed by atoms with Crippen LogP contribution in [0.4, 0.5) is 0 Å². The van der Waals surface area contributed by atoms with Gasteiger partial charge >= 0.3 is 0 Å². The Bertz CT molecular complexity index is 165. The summed E-state index contributed by atoms with van der Waals surface area (Å²) in [6.07, 6.45) is 4.84. The fourth-order valence-corrected chi connectivity index (χ4v) is 1.46. The Morgan fingerprint density at radius 3 is 2.54 bits per heavy atom. The third-order valence-corrected chi connectivity index (χ3v) is 2.45. The summed E-state index contributed by atoms with van der Waals surface area (Å²) in [6, 6.07) is 0. The molecule has 13 heavy (non-hydrogen) atoms. The van der Waals surface area contributed by atoms with Crippen molar-refractivity contribution in [2.24, 2.45) is 17.0 Å². The summed E-state index contributed by atoms with van der Waals surface area (Å²) >= 11 is 0. The fourth-order valence-electron chi connectivity index (χ4n) is 1.46. The van der Waals surface area contributed by atoms with Crippen LogP contribution in [0.1, 0.15) is 46.5 Å². The minimum Gasteiger partial charge on any atom is -0.396 e. The molecule has 0 radical (unpaired) electrons. The highest BCUT2D eigenvalue weighted by Crippen LogP contribution is 2.21. The van der Waals surface area contributed by atoms with Crippen LogP contribution in [0.15, 0.2) is 5.16 Å². The van der Waals surface area contributed by atoms with Gasteiger partial charge < -0.3 is 4.84 Å². The first-order valence-electron chi connectivity index (χ1n) is 5.36. The van der Waals surface area contributed by atoms with Crippen LogP contribution in [0.2, 0.25) is 0 Å². The smallest absolute Gasteiger partial charge is 0.119 e. The van der Waals surface area contributed by atoms with Crippen molar-refractivity contribution < 1.29 is 4.84 Å². The molecule has 2 heteroatoms. The van der Waals surface area contributed by atoms with Crippen LogP contribution >= 0.6 is 0 Å². The Labute approximate surface area is 81.3 Å². The van der Waals surface area contributed by atoms with Crippen LogP contribution in [0.25, 0.3) is 0 Å². The van der Waals surface area contributed by atoms with E-state index < -0.39 is 0 Å². The van der Waals surface area contributed by atoms with Crippen molar-refractivity contribution in [3.05, 3.63) is 0 Å². The first-order chi connectivity index (χ1) is 6.18. The molecule has 0 amide bonds. The largest absolute Gasteiger partial charge is 0.396 e. The van der Waals surface area contributed by atoms with E-state index in [2.05, 4.69) is 25.9 Å². The van der Waals surface area contributed by atoms with Gasteiger partial charge in [-0.1, -0.05) is 25.9 Å². The third kappa shape index (κ3) is 4.30. The topological polar surface area (TPSA) is 21.6 Å². The van der Waals surface area contributed by atoms with Gasteiger partial charge in [-0.2, -0.15) is 0 Å². The average Bonchev–Trinajstić information content (AvgIpc) is 2.08. The maximum atomic E-state index is 5.26. The molecule has 0 aromatic rings. The Morgan fingerprint density at radius 2 is 2.00 bits per heavy atom. The lowest BCUT2D eigenvalue weighted by atomic mass is 9.90. The third-order valence-electron chi connectivity index (χ3n) is 2.45. The lowest BCUT2D eigenvalue weighted by molar-refractivity contribution is 0.116. The highest BCUT2D eigenvalue weighted by molar-refractivity contribution is 5.84. The van der Waals surface area contributed by atoms with E-state index in [1.54, 1.807) is 0 Å². The van der Waals surface area contributed by atoms with Crippen LogP contribution < -0.4 is 0 Å². The second-order valence-electron chi connectivity index (χ2n) is 4.53. The predicted molar refractivity (Wildman–Crippen MR) is 55.9 cm³/mol. The molecule has 0 unspecified atom stereocenters. The molecule has 1 aliphatic carbocycles. The van der Waals surface area contributed by atoms with E-state index >= 15 is 0 Å². The maximum absolute atomic E-state index is 5.26. The predicted octanol–water partition coefficient (Wildman–Crippen LogP) is 3.23. The first-order valence-corrected chi connectivity index (χ1v) is 5.36. The summed E-state index contributed by atoms with van der Waals surface area (Å²) in [5.41, 5.74) is 1.26. The zero-order valence-corrected chi connectivity index (χ0v) is 9.05. The van der Waals surface area contributed by atoms with Crippen molar-refractivity contribution >= 4 is 5.71 Å². The molecule has 1 aliphatic rings. The monoisotopic (exact) mass is 183 g/mol. The summed E-state index contributed by atoms with van der Waals surface area (Å²) < 4.78 is 0. The van der Waals surface area contributed by atoms with Crippen molar-refractivity contribution in [3.63, 3.8) is 0 Å². The molecule has 0 spiro atoms. The lowest BCUT2D eigenvalue weighted by Crippen LogP contribution is -2.12. The average molecular weight is 183 g/mol. The molecule has 0 atom stereocenters. The lowest BCUT2D eigenvalue weighted by Gasteiger charge is -2.18. The van der Waals surface area contributed by atoms with Gasteiger partial charge in [0.05, 0.1) is 5.71 Å². The number of hydrogen-bond acceptors (Lipinski definition) is 2. The standard InChI is InChI=1S/C11H21NO/c1-9(2)8-13-12-11-6-4-10(3)5-7-11/h9-10H,4-8H2,1-3H3. The van der Waals surface area contributed by atoms with Gasteiger partial charge in [-0.3, -0.25) is 0 Å². The molecule has 1 fully saturated rings. The molecule has 0 N–H and O–H groups in total. The Hall–Kier alpha value is -0.530. The van der Waals surface area contributed by atoms with E-state index in [4.69, 9.17) is 4.84 Å². The van der Waals surface area contributed by atoms with Crippen molar-refractivity contribution in [3.8, 4) is 0 Å². The van der Waals surface area contributed by atoms with Crippen LogP contribution in [0.5, 0.6) is 0 Å².